The molecule has 0 N–H and O–H groups in total. The molecule has 0 bridgehead atoms. The van der Waals surface area contributed by atoms with E-state index in [1.807, 2.05) is 0 Å². The van der Waals surface area contributed by atoms with E-state index in [1.54, 1.807) is 6.20 Å². The van der Waals surface area contributed by atoms with Crippen molar-refractivity contribution in [2.45, 2.75) is 96.4 Å². The normalized spacial score (nSPS) is 17.0. The van der Waals surface area contributed by atoms with Gasteiger partial charge in [0.1, 0.15) is 0 Å². The molecule has 1 aliphatic rings. The number of unbranched alkanes of at least 4 members (excludes halogenated alkanes) is 10. The van der Waals surface area contributed by atoms with E-state index < -0.39 is 15.3 Å². The highest BCUT2D eigenvalue weighted by Gasteiger charge is 2.29. The molecule has 6 nitrogen and oxygen atoms in total. The lowest BCUT2D eigenvalue weighted by molar-refractivity contribution is -0.133. The molecule has 0 saturated heterocycles. The van der Waals surface area contributed by atoms with Gasteiger partial charge in [0.2, 0.25) is 5.50 Å². The van der Waals surface area contributed by atoms with Gasteiger partial charge in [0, 0.05) is 6.26 Å². The monoisotopic (exact) mass is 416 g/mol. The molecule has 0 amide bonds. The zero-order valence-corrected chi connectivity index (χ0v) is 18.9. The van der Waals surface area contributed by atoms with Crippen molar-refractivity contribution in [2.75, 3.05) is 19.5 Å². The van der Waals surface area contributed by atoms with Gasteiger partial charge in [-0.1, -0.05) is 78.1 Å². The Morgan fingerprint density at radius 1 is 0.893 bits per heavy atom. The second-order valence-electron chi connectivity index (χ2n) is 7.54. The van der Waals surface area contributed by atoms with E-state index in [4.69, 9.17) is 9.57 Å². The van der Waals surface area contributed by atoms with E-state index in [9.17, 15) is 8.42 Å². The highest BCUT2D eigenvalue weighted by Crippen LogP contribution is 2.18. The molecule has 1 aliphatic heterocycles. The van der Waals surface area contributed by atoms with E-state index in [0.717, 1.165) is 25.7 Å². The molecule has 0 fully saturated rings. The van der Waals surface area contributed by atoms with Gasteiger partial charge in [-0.05, 0) is 12.8 Å². The van der Waals surface area contributed by atoms with Crippen molar-refractivity contribution in [1.82, 2.24) is 5.06 Å². The van der Waals surface area contributed by atoms with Gasteiger partial charge in [0.05, 0.1) is 25.6 Å². The smallest absolute Gasteiger partial charge is 0.246 e. The SMILES string of the molecule is CCCCCCCCOC1=CN(OCCCCCCCC)C(S(C)(=O)=O)N=C1. The molecule has 0 radical (unpaired) electrons. The summed E-state index contributed by atoms with van der Waals surface area (Å²) in [6.07, 6.45) is 18.4. The first kappa shape index (κ1) is 25.0. The number of aliphatic imine (C=N–C) groups is 1. The largest absolute Gasteiger partial charge is 0.490 e. The van der Waals surface area contributed by atoms with Gasteiger partial charge < -0.3 is 4.74 Å². The Morgan fingerprint density at radius 2 is 1.43 bits per heavy atom. The molecular formula is C21H40N2O4S. The van der Waals surface area contributed by atoms with Gasteiger partial charge >= 0.3 is 0 Å². The summed E-state index contributed by atoms with van der Waals surface area (Å²) in [6, 6.07) is 0. The van der Waals surface area contributed by atoms with E-state index in [0.29, 0.717) is 19.0 Å². The molecule has 0 aromatic heterocycles. The Balaban J connectivity index is 2.39. The Kier molecular flexibility index (Phi) is 13.2. The maximum absolute atomic E-state index is 12.0. The lowest BCUT2D eigenvalue weighted by Gasteiger charge is -2.28. The molecular weight excluding hydrogens is 376 g/mol. The third kappa shape index (κ3) is 11.1. The molecule has 1 atom stereocenters. The van der Waals surface area contributed by atoms with Gasteiger partial charge in [-0.15, -0.1) is 0 Å². The molecule has 0 saturated carbocycles. The first-order valence-corrected chi connectivity index (χ1v) is 12.9. The third-order valence-electron chi connectivity index (χ3n) is 4.69. The first-order valence-electron chi connectivity index (χ1n) is 11.0. The maximum Gasteiger partial charge on any atom is 0.246 e. The Labute approximate surface area is 172 Å². The van der Waals surface area contributed by atoms with Crippen LogP contribution in [0.25, 0.3) is 0 Å². The fraction of sp³-hybridized carbons (Fsp3) is 0.857. The van der Waals surface area contributed by atoms with E-state index >= 15 is 0 Å². The van der Waals surface area contributed by atoms with E-state index in [-0.39, 0.29) is 0 Å². The number of hydrogen-bond donors (Lipinski definition) is 0. The Bertz CT molecular complexity index is 561. The highest BCUT2D eigenvalue weighted by molar-refractivity contribution is 7.91. The number of nitrogens with zero attached hydrogens (tertiary/aromatic N) is 2. The number of ether oxygens (including phenoxy) is 1. The average Bonchev–Trinajstić information content (AvgIpc) is 2.66. The minimum atomic E-state index is -3.39. The molecule has 1 heterocycles. The predicted octanol–water partition coefficient (Wildman–Crippen LogP) is 5.21. The summed E-state index contributed by atoms with van der Waals surface area (Å²) in [5.41, 5.74) is -1.03. The van der Waals surface area contributed by atoms with Gasteiger partial charge in [-0.25, -0.2) is 18.5 Å². The van der Waals surface area contributed by atoms with Crippen molar-refractivity contribution in [3.63, 3.8) is 0 Å². The minimum Gasteiger partial charge on any atom is -0.490 e. The fourth-order valence-corrected chi connectivity index (χ4v) is 3.81. The van der Waals surface area contributed by atoms with Crippen molar-refractivity contribution in [3.05, 3.63) is 12.0 Å². The molecule has 0 aromatic carbocycles. The predicted molar refractivity (Wildman–Crippen MR) is 116 cm³/mol. The Hall–Kier alpha value is -1.08. The first-order chi connectivity index (χ1) is 13.5. The zero-order chi connectivity index (χ0) is 20.7. The molecule has 0 aliphatic carbocycles. The van der Waals surface area contributed by atoms with Crippen molar-refractivity contribution in [1.29, 1.82) is 0 Å². The van der Waals surface area contributed by atoms with Crippen LogP contribution in [0.3, 0.4) is 0 Å². The van der Waals surface area contributed by atoms with Crippen LogP contribution in [0, 0.1) is 0 Å². The van der Waals surface area contributed by atoms with Crippen LogP contribution in [-0.4, -0.2) is 44.7 Å². The van der Waals surface area contributed by atoms with Gasteiger partial charge in [0.25, 0.3) is 0 Å². The van der Waals surface area contributed by atoms with Crippen LogP contribution in [0.2, 0.25) is 0 Å². The minimum absolute atomic E-state index is 0.481. The number of hydroxylamine groups is 2. The van der Waals surface area contributed by atoms with Crippen molar-refractivity contribution in [2.24, 2.45) is 4.99 Å². The topological polar surface area (TPSA) is 68.2 Å². The molecule has 0 spiro atoms. The van der Waals surface area contributed by atoms with Crippen LogP contribution in [0.15, 0.2) is 17.0 Å². The Morgan fingerprint density at radius 3 is 2.00 bits per heavy atom. The summed E-state index contributed by atoms with van der Waals surface area (Å²) in [5.74, 6) is 0.552. The van der Waals surface area contributed by atoms with Crippen LogP contribution in [0.1, 0.15) is 90.9 Å². The van der Waals surface area contributed by atoms with Gasteiger partial charge in [0.15, 0.2) is 15.6 Å². The van der Waals surface area contributed by atoms with Crippen LogP contribution in [-0.2, 0) is 19.4 Å². The summed E-state index contributed by atoms with van der Waals surface area (Å²) >= 11 is 0. The van der Waals surface area contributed by atoms with E-state index in [2.05, 4.69) is 18.8 Å². The summed E-state index contributed by atoms with van der Waals surface area (Å²) in [5, 5.41) is 1.33. The van der Waals surface area contributed by atoms with Crippen LogP contribution in [0.4, 0.5) is 0 Å². The molecule has 1 rings (SSSR count). The molecule has 7 heteroatoms. The number of sulfone groups is 1. The average molecular weight is 417 g/mol. The number of allylic oxidation sites excluding steroid dienone is 1. The zero-order valence-electron chi connectivity index (χ0n) is 18.1. The third-order valence-corrected chi connectivity index (χ3v) is 5.78. The standard InChI is InChI=1S/C21H40N2O4S/c1-4-6-8-10-12-14-16-26-20-18-22-21(28(3,24)25)23(19-20)27-17-15-13-11-9-7-5-2/h18-19,21H,4-17H2,1-3H3. The summed E-state index contributed by atoms with van der Waals surface area (Å²) in [6.45, 7) is 5.50. The quantitative estimate of drug-likeness (QED) is 0.304. The molecule has 28 heavy (non-hydrogen) atoms. The van der Waals surface area contributed by atoms with Crippen LogP contribution < -0.4 is 0 Å². The van der Waals surface area contributed by atoms with Crippen molar-refractivity contribution < 1.29 is 18.0 Å². The second kappa shape index (κ2) is 14.9. The van der Waals surface area contributed by atoms with Crippen molar-refractivity contribution >= 4 is 16.1 Å². The summed E-state index contributed by atoms with van der Waals surface area (Å²) < 4.78 is 29.7. The summed E-state index contributed by atoms with van der Waals surface area (Å²) in [4.78, 5) is 9.85. The highest BCUT2D eigenvalue weighted by atomic mass is 32.2. The number of rotatable bonds is 17. The fourth-order valence-electron chi connectivity index (χ4n) is 3.03. The van der Waals surface area contributed by atoms with Crippen molar-refractivity contribution in [3.8, 4) is 0 Å². The maximum atomic E-state index is 12.0. The molecule has 164 valence electrons. The molecule has 1 unspecified atom stereocenters. The number of hydrogen-bond acceptors (Lipinski definition) is 6. The van der Waals surface area contributed by atoms with E-state index in [1.165, 1.54) is 68.9 Å². The lowest BCUT2D eigenvalue weighted by Crippen LogP contribution is -2.38. The van der Waals surface area contributed by atoms with Crippen LogP contribution >= 0.6 is 0 Å². The van der Waals surface area contributed by atoms with Gasteiger partial charge in [-0.2, -0.15) is 0 Å². The summed E-state index contributed by atoms with van der Waals surface area (Å²) in [7, 11) is -3.39. The van der Waals surface area contributed by atoms with Crippen LogP contribution in [0.5, 0.6) is 0 Å². The second-order valence-corrected chi connectivity index (χ2v) is 9.62. The molecule has 0 aromatic rings. The lowest BCUT2D eigenvalue weighted by atomic mass is 10.1. The van der Waals surface area contributed by atoms with Gasteiger partial charge in [-0.3, -0.25) is 4.84 Å².